The fourth-order valence-corrected chi connectivity index (χ4v) is 5.55. The first kappa shape index (κ1) is 32.9. The summed E-state index contributed by atoms with van der Waals surface area (Å²) in [6, 6.07) is 9.04. The third-order valence-electron chi connectivity index (χ3n) is 8.29. The molecule has 1 aliphatic heterocycles. The largest absolute Gasteiger partial charge is 0.461 e. The number of hydrogen-bond donors (Lipinski definition) is 2. The monoisotopic (exact) mass is 564 g/mol. The van der Waals surface area contributed by atoms with Gasteiger partial charge in [-0.3, -0.25) is 14.6 Å². The zero-order valence-electron chi connectivity index (χ0n) is 25.8. The van der Waals surface area contributed by atoms with Crippen LogP contribution in [0.1, 0.15) is 95.6 Å². The van der Waals surface area contributed by atoms with Crippen LogP contribution in [0.25, 0.3) is 0 Å². The lowest BCUT2D eigenvalue weighted by molar-refractivity contribution is -0.121. The molecule has 2 aromatic rings. The van der Waals surface area contributed by atoms with E-state index < -0.39 is 30.3 Å². The molecule has 3 atom stereocenters. The minimum absolute atomic E-state index is 0.0418. The van der Waals surface area contributed by atoms with Crippen LogP contribution < -0.4 is 10.6 Å². The lowest BCUT2D eigenvalue weighted by Crippen LogP contribution is -2.44. The van der Waals surface area contributed by atoms with Gasteiger partial charge in [0.1, 0.15) is 5.69 Å². The Balaban J connectivity index is 1.74. The molecule has 0 saturated carbocycles. The molecule has 3 rings (SSSR count). The average molecular weight is 565 g/mol. The predicted molar refractivity (Wildman–Crippen MR) is 164 cm³/mol. The van der Waals surface area contributed by atoms with E-state index in [9.17, 15) is 9.59 Å². The summed E-state index contributed by atoms with van der Waals surface area (Å²) < 4.78 is 13.3. The van der Waals surface area contributed by atoms with Crippen LogP contribution in [0.5, 0.6) is 0 Å². The van der Waals surface area contributed by atoms with Crippen molar-refractivity contribution in [3.63, 3.8) is 0 Å². The second-order valence-electron chi connectivity index (χ2n) is 12.5. The normalized spacial score (nSPS) is 19.7. The van der Waals surface area contributed by atoms with E-state index in [2.05, 4.69) is 55.2 Å². The number of hydrogen-bond acceptors (Lipinski definition) is 7. The standard InChI is InChI=1S/C32H49BN4O4/c1-24(2)20-26(33-40-31(3,4)32(5,41-33)16-12-7-8-13-17-34-6)22-29(38)27(21-25-14-10-9-11-15-25)37-30(39)28-23-35-18-19-36-28/h9-11,14-15,18-19,23-24,26-27,34H,7-8,12-13,16-17,20-22H2,1-6H3,(H,37,39)/t26-,27+,32?/m1/s1. The molecule has 0 radical (unpaired) electrons. The van der Waals surface area contributed by atoms with Crippen LogP contribution in [0.3, 0.4) is 0 Å². The highest BCUT2D eigenvalue weighted by Crippen LogP contribution is 2.45. The summed E-state index contributed by atoms with van der Waals surface area (Å²) in [4.78, 5) is 35.0. The van der Waals surface area contributed by atoms with Crippen molar-refractivity contribution in [3.8, 4) is 0 Å². The number of carbonyl (C=O) groups excluding carboxylic acids is 2. The quantitative estimate of drug-likeness (QED) is 0.195. The Morgan fingerprint density at radius 2 is 1.73 bits per heavy atom. The molecule has 1 saturated heterocycles. The van der Waals surface area contributed by atoms with Crippen molar-refractivity contribution in [1.82, 2.24) is 20.6 Å². The predicted octanol–water partition coefficient (Wildman–Crippen LogP) is 5.44. The Labute approximate surface area is 246 Å². The number of nitrogens with one attached hydrogen (secondary N) is 2. The van der Waals surface area contributed by atoms with Crippen LogP contribution in [-0.4, -0.2) is 59.6 Å². The molecule has 0 spiro atoms. The number of rotatable bonds is 17. The van der Waals surface area contributed by atoms with Gasteiger partial charge in [0.2, 0.25) is 0 Å². The Hall–Kier alpha value is -2.62. The van der Waals surface area contributed by atoms with Gasteiger partial charge in [-0.25, -0.2) is 4.98 Å². The number of amides is 1. The van der Waals surface area contributed by atoms with E-state index in [0.29, 0.717) is 12.3 Å². The van der Waals surface area contributed by atoms with Gasteiger partial charge in [-0.15, -0.1) is 0 Å². The molecule has 1 fully saturated rings. The molecule has 2 heterocycles. The van der Waals surface area contributed by atoms with Crippen LogP contribution >= 0.6 is 0 Å². The highest BCUT2D eigenvalue weighted by Gasteiger charge is 2.56. The van der Waals surface area contributed by atoms with Crippen molar-refractivity contribution in [2.24, 2.45) is 5.92 Å². The average Bonchev–Trinajstić information content (AvgIpc) is 3.18. The number of ketones is 1. The van der Waals surface area contributed by atoms with Gasteiger partial charge in [-0.1, -0.05) is 63.4 Å². The van der Waals surface area contributed by atoms with E-state index in [0.717, 1.165) is 37.8 Å². The Morgan fingerprint density at radius 1 is 1.00 bits per heavy atom. The van der Waals surface area contributed by atoms with Crippen LogP contribution in [-0.2, 0) is 20.5 Å². The van der Waals surface area contributed by atoms with Crippen molar-refractivity contribution in [3.05, 3.63) is 60.2 Å². The fourth-order valence-electron chi connectivity index (χ4n) is 5.55. The molecule has 1 aromatic carbocycles. The van der Waals surface area contributed by atoms with Gasteiger partial charge in [-0.2, -0.15) is 0 Å². The molecular weight excluding hydrogens is 515 g/mol. The van der Waals surface area contributed by atoms with E-state index in [4.69, 9.17) is 9.31 Å². The van der Waals surface area contributed by atoms with Crippen molar-refractivity contribution in [2.75, 3.05) is 13.6 Å². The first-order valence-electron chi connectivity index (χ1n) is 15.2. The molecule has 2 N–H and O–H groups in total. The van der Waals surface area contributed by atoms with Gasteiger partial charge in [0, 0.05) is 24.6 Å². The van der Waals surface area contributed by atoms with Crippen molar-refractivity contribution < 1.29 is 18.9 Å². The molecule has 41 heavy (non-hydrogen) atoms. The highest BCUT2D eigenvalue weighted by atomic mass is 16.7. The summed E-state index contributed by atoms with van der Waals surface area (Å²) in [6.45, 7) is 11.7. The van der Waals surface area contributed by atoms with Crippen LogP contribution in [0, 0.1) is 5.92 Å². The van der Waals surface area contributed by atoms with Gasteiger partial charge in [-0.05, 0) is 71.5 Å². The maximum absolute atomic E-state index is 13.9. The lowest BCUT2D eigenvalue weighted by atomic mass is 9.65. The maximum Gasteiger partial charge on any atom is 0.461 e. The first-order valence-corrected chi connectivity index (χ1v) is 15.2. The van der Waals surface area contributed by atoms with Crippen LogP contribution in [0.2, 0.25) is 5.82 Å². The Kier molecular flexibility index (Phi) is 12.5. The molecule has 1 amide bonds. The topological polar surface area (TPSA) is 102 Å². The molecule has 8 nitrogen and oxygen atoms in total. The van der Waals surface area contributed by atoms with Gasteiger partial charge < -0.3 is 19.9 Å². The Morgan fingerprint density at radius 3 is 2.39 bits per heavy atom. The smallest absolute Gasteiger partial charge is 0.403 e. The van der Waals surface area contributed by atoms with E-state index >= 15 is 0 Å². The number of nitrogens with zero attached hydrogens (tertiary/aromatic N) is 2. The lowest BCUT2D eigenvalue weighted by Gasteiger charge is -2.36. The zero-order valence-corrected chi connectivity index (χ0v) is 25.8. The third kappa shape index (κ3) is 9.72. The van der Waals surface area contributed by atoms with Crippen LogP contribution in [0.4, 0.5) is 0 Å². The van der Waals surface area contributed by atoms with Gasteiger partial charge in [0.15, 0.2) is 5.78 Å². The molecular formula is C32H49BN4O4. The van der Waals surface area contributed by atoms with Gasteiger partial charge >= 0.3 is 7.12 Å². The van der Waals surface area contributed by atoms with E-state index in [-0.39, 0.29) is 23.7 Å². The number of benzene rings is 1. The first-order chi connectivity index (χ1) is 19.5. The fraction of sp³-hybridized carbons (Fsp3) is 0.625. The SMILES string of the molecule is CNCCCCCCC1(C)OB([C@@H](CC(=O)[C@H](Cc2ccccc2)NC(=O)c2cnccn2)CC(C)C)OC1(C)C. The summed E-state index contributed by atoms with van der Waals surface area (Å²) in [6.07, 6.45) is 11.3. The summed E-state index contributed by atoms with van der Waals surface area (Å²) >= 11 is 0. The molecule has 9 heteroatoms. The number of carbonyl (C=O) groups is 2. The summed E-state index contributed by atoms with van der Waals surface area (Å²) in [5.74, 6) is -0.237. The molecule has 1 aliphatic rings. The maximum atomic E-state index is 13.9. The highest BCUT2D eigenvalue weighted by molar-refractivity contribution is 6.48. The Bertz CT molecular complexity index is 1090. The summed E-state index contributed by atoms with van der Waals surface area (Å²) in [7, 11) is 1.50. The zero-order chi connectivity index (χ0) is 29.9. The minimum atomic E-state index is -0.708. The van der Waals surface area contributed by atoms with E-state index in [1.54, 1.807) is 0 Å². The third-order valence-corrected chi connectivity index (χ3v) is 8.29. The second kappa shape index (κ2) is 15.6. The van der Waals surface area contributed by atoms with E-state index in [1.165, 1.54) is 31.4 Å². The van der Waals surface area contributed by atoms with Gasteiger partial charge in [0.25, 0.3) is 5.91 Å². The minimum Gasteiger partial charge on any atom is -0.403 e. The number of Topliss-reactive ketones (excluding diaryl/α,β-unsaturated/α-hetero) is 1. The van der Waals surface area contributed by atoms with Gasteiger partial charge in [0.05, 0.1) is 23.4 Å². The molecule has 1 aromatic heterocycles. The number of unbranched alkanes of at least 4 members (excludes halogenated alkanes) is 3. The molecule has 0 bridgehead atoms. The summed E-state index contributed by atoms with van der Waals surface area (Å²) in [5, 5.41) is 6.14. The van der Waals surface area contributed by atoms with Crippen LogP contribution in [0.15, 0.2) is 48.9 Å². The second-order valence-corrected chi connectivity index (χ2v) is 12.5. The summed E-state index contributed by atoms with van der Waals surface area (Å²) in [5.41, 5.74) is 0.234. The molecule has 0 aliphatic carbocycles. The number of aromatic nitrogens is 2. The van der Waals surface area contributed by atoms with Crippen molar-refractivity contribution in [2.45, 2.75) is 109 Å². The molecule has 224 valence electrons. The molecule has 1 unspecified atom stereocenters. The van der Waals surface area contributed by atoms with Crippen molar-refractivity contribution >= 4 is 18.8 Å². The van der Waals surface area contributed by atoms with Crippen molar-refractivity contribution in [1.29, 1.82) is 0 Å². The van der Waals surface area contributed by atoms with E-state index in [1.807, 2.05) is 37.4 Å².